The van der Waals surface area contributed by atoms with Crippen molar-refractivity contribution in [2.75, 3.05) is 5.32 Å². The van der Waals surface area contributed by atoms with Crippen molar-refractivity contribution in [3.8, 4) is 22.4 Å². The Morgan fingerprint density at radius 3 is 2.18 bits per heavy atom. The maximum atomic E-state index is 13.4. The highest BCUT2D eigenvalue weighted by molar-refractivity contribution is 6.34. The molecule has 0 saturated carbocycles. The van der Waals surface area contributed by atoms with Crippen LogP contribution >= 0.6 is 11.6 Å². The minimum Gasteiger partial charge on any atom is -0.320 e. The number of anilines is 1. The third-order valence-corrected chi connectivity index (χ3v) is 5.31. The van der Waals surface area contributed by atoms with Gasteiger partial charge in [0.2, 0.25) is 0 Å². The number of nitro benzene ring substituents is 1. The quantitative estimate of drug-likeness (QED) is 0.335. The molecule has 1 N–H and O–H groups in total. The van der Waals surface area contributed by atoms with Gasteiger partial charge in [0.15, 0.2) is 0 Å². The fourth-order valence-electron chi connectivity index (χ4n) is 3.43. The number of hydrogen-bond donors (Lipinski definition) is 1. The van der Waals surface area contributed by atoms with Gasteiger partial charge in [-0.2, -0.15) is 5.10 Å². The van der Waals surface area contributed by atoms with Crippen LogP contribution in [0.2, 0.25) is 5.02 Å². The molecule has 0 spiro atoms. The van der Waals surface area contributed by atoms with Crippen molar-refractivity contribution in [2.24, 2.45) is 7.05 Å². The number of nitro groups is 1. The van der Waals surface area contributed by atoms with Crippen molar-refractivity contribution in [3.05, 3.63) is 110 Å². The number of rotatable bonds is 5. The van der Waals surface area contributed by atoms with Gasteiger partial charge in [-0.3, -0.25) is 19.7 Å². The van der Waals surface area contributed by atoms with Gasteiger partial charge in [-0.1, -0.05) is 72.3 Å². The van der Waals surface area contributed by atoms with Crippen LogP contribution in [0.3, 0.4) is 0 Å². The summed E-state index contributed by atoms with van der Waals surface area (Å²) in [6.45, 7) is 0. The van der Waals surface area contributed by atoms with E-state index in [0.29, 0.717) is 16.8 Å². The van der Waals surface area contributed by atoms with E-state index in [0.717, 1.165) is 16.3 Å². The first-order chi connectivity index (χ1) is 15.9. The van der Waals surface area contributed by atoms with Crippen LogP contribution in [-0.4, -0.2) is 20.6 Å². The van der Waals surface area contributed by atoms with Gasteiger partial charge in [-0.05, 0) is 11.6 Å². The Morgan fingerprint density at radius 1 is 1.00 bits per heavy atom. The molecular weight excluding hydrogens is 444 g/mol. The summed E-state index contributed by atoms with van der Waals surface area (Å²) in [6.07, 6.45) is 0. The van der Waals surface area contributed by atoms with Crippen LogP contribution in [0.25, 0.3) is 22.4 Å². The van der Waals surface area contributed by atoms with Gasteiger partial charge >= 0.3 is 0 Å². The average molecular weight is 461 g/mol. The summed E-state index contributed by atoms with van der Waals surface area (Å²) in [7, 11) is 1.47. The fourth-order valence-corrected chi connectivity index (χ4v) is 3.65. The minimum absolute atomic E-state index is 0.0204. The number of non-ortho nitro benzene ring substituents is 1. The van der Waals surface area contributed by atoms with Crippen molar-refractivity contribution in [1.29, 1.82) is 0 Å². The average Bonchev–Trinajstić information content (AvgIpc) is 2.82. The van der Waals surface area contributed by atoms with Crippen LogP contribution in [0.4, 0.5) is 11.4 Å². The summed E-state index contributed by atoms with van der Waals surface area (Å²) in [5, 5.41) is 18.0. The van der Waals surface area contributed by atoms with Gasteiger partial charge in [0, 0.05) is 30.3 Å². The summed E-state index contributed by atoms with van der Waals surface area (Å²) >= 11 is 6.15. The molecule has 1 heterocycles. The molecule has 33 heavy (non-hydrogen) atoms. The summed E-state index contributed by atoms with van der Waals surface area (Å²) in [6, 6.07) is 21.9. The molecule has 0 bridgehead atoms. The topological polar surface area (TPSA) is 107 Å². The Kier molecular flexibility index (Phi) is 6.01. The van der Waals surface area contributed by atoms with Crippen LogP contribution in [0.15, 0.2) is 83.7 Å². The van der Waals surface area contributed by atoms with E-state index in [1.807, 2.05) is 36.4 Å². The van der Waals surface area contributed by atoms with Gasteiger partial charge in [0.05, 0.1) is 21.3 Å². The highest BCUT2D eigenvalue weighted by Gasteiger charge is 2.25. The standard InChI is InChI=1S/C24H17ClN4O4/c1-28-24(31)21(23(30)26-19-13-12-17(29(32)33)14-18(19)25)20(15-8-4-2-5-9-15)22(27-28)16-10-6-3-7-11-16/h2-14H,1H3,(H,26,30). The first-order valence-corrected chi connectivity index (χ1v) is 10.2. The highest BCUT2D eigenvalue weighted by atomic mass is 35.5. The molecule has 0 aliphatic rings. The lowest BCUT2D eigenvalue weighted by molar-refractivity contribution is -0.384. The van der Waals surface area contributed by atoms with Gasteiger partial charge < -0.3 is 5.32 Å². The molecule has 4 aromatic rings. The summed E-state index contributed by atoms with van der Waals surface area (Å²) in [5.74, 6) is -0.704. The lowest BCUT2D eigenvalue weighted by atomic mass is 9.95. The van der Waals surface area contributed by atoms with E-state index in [1.54, 1.807) is 24.3 Å². The summed E-state index contributed by atoms with van der Waals surface area (Å²) in [4.78, 5) is 36.9. The van der Waals surface area contributed by atoms with E-state index in [4.69, 9.17) is 11.6 Å². The van der Waals surface area contributed by atoms with E-state index in [9.17, 15) is 19.7 Å². The van der Waals surface area contributed by atoms with Gasteiger partial charge in [-0.15, -0.1) is 0 Å². The first kappa shape index (κ1) is 21.9. The molecule has 0 aliphatic heterocycles. The zero-order valence-corrected chi connectivity index (χ0v) is 18.1. The molecule has 0 aliphatic carbocycles. The Hall–Kier alpha value is -4.30. The van der Waals surface area contributed by atoms with Crippen molar-refractivity contribution in [2.45, 2.75) is 0 Å². The lowest BCUT2D eigenvalue weighted by Crippen LogP contribution is -2.31. The Bertz CT molecular complexity index is 1420. The van der Waals surface area contributed by atoms with E-state index < -0.39 is 16.4 Å². The van der Waals surface area contributed by atoms with E-state index in [2.05, 4.69) is 10.4 Å². The Labute approximate surface area is 193 Å². The highest BCUT2D eigenvalue weighted by Crippen LogP contribution is 2.33. The number of amides is 1. The van der Waals surface area contributed by atoms with Crippen LogP contribution in [-0.2, 0) is 7.05 Å². The third kappa shape index (κ3) is 4.37. The normalized spacial score (nSPS) is 10.6. The molecule has 8 nitrogen and oxygen atoms in total. The van der Waals surface area contributed by atoms with Crippen LogP contribution in [0.5, 0.6) is 0 Å². The van der Waals surface area contributed by atoms with Crippen LogP contribution in [0, 0.1) is 10.1 Å². The molecule has 164 valence electrons. The molecule has 0 unspecified atom stereocenters. The van der Waals surface area contributed by atoms with Crippen LogP contribution < -0.4 is 10.9 Å². The van der Waals surface area contributed by atoms with Crippen molar-refractivity contribution < 1.29 is 9.72 Å². The number of aromatic nitrogens is 2. The molecule has 1 aromatic heterocycles. The monoisotopic (exact) mass is 460 g/mol. The predicted octanol–water partition coefficient (Wildman–Crippen LogP) is 4.93. The number of aryl methyl sites for hydroxylation is 1. The summed E-state index contributed by atoms with van der Waals surface area (Å²) in [5.41, 5.74) is 1.43. The number of halogens is 1. The van der Waals surface area contributed by atoms with Crippen molar-refractivity contribution in [1.82, 2.24) is 9.78 Å². The van der Waals surface area contributed by atoms with Gasteiger partial charge in [0.1, 0.15) is 5.56 Å². The Morgan fingerprint density at radius 2 is 1.61 bits per heavy atom. The number of nitrogens with one attached hydrogen (secondary N) is 1. The second-order valence-electron chi connectivity index (χ2n) is 7.13. The summed E-state index contributed by atoms with van der Waals surface area (Å²) < 4.78 is 1.11. The van der Waals surface area contributed by atoms with Crippen molar-refractivity contribution >= 4 is 28.9 Å². The molecule has 4 rings (SSSR count). The van der Waals surface area contributed by atoms with E-state index >= 15 is 0 Å². The second-order valence-corrected chi connectivity index (χ2v) is 7.54. The lowest BCUT2D eigenvalue weighted by Gasteiger charge is -2.16. The maximum absolute atomic E-state index is 13.4. The smallest absolute Gasteiger partial charge is 0.280 e. The molecule has 0 radical (unpaired) electrons. The number of hydrogen-bond acceptors (Lipinski definition) is 5. The van der Waals surface area contributed by atoms with E-state index in [-0.39, 0.29) is 22.0 Å². The maximum Gasteiger partial charge on any atom is 0.280 e. The molecular formula is C24H17ClN4O4. The molecule has 3 aromatic carbocycles. The van der Waals surface area contributed by atoms with Gasteiger partial charge in [0.25, 0.3) is 17.2 Å². The molecule has 9 heteroatoms. The number of benzene rings is 3. The third-order valence-electron chi connectivity index (χ3n) is 4.99. The first-order valence-electron chi connectivity index (χ1n) is 9.84. The number of carbonyl (C=O) groups is 1. The largest absolute Gasteiger partial charge is 0.320 e. The molecule has 1 amide bonds. The predicted molar refractivity (Wildman–Crippen MR) is 126 cm³/mol. The molecule has 0 saturated heterocycles. The Balaban J connectivity index is 1.91. The van der Waals surface area contributed by atoms with Crippen LogP contribution in [0.1, 0.15) is 10.4 Å². The fraction of sp³-hybridized carbons (Fsp3) is 0.0417. The zero-order valence-electron chi connectivity index (χ0n) is 17.4. The SMILES string of the molecule is Cn1nc(-c2ccccc2)c(-c2ccccc2)c(C(=O)Nc2ccc([N+](=O)[O-])cc2Cl)c1=O. The number of nitrogens with zero attached hydrogens (tertiary/aromatic N) is 3. The van der Waals surface area contributed by atoms with Gasteiger partial charge in [-0.25, -0.2) is 4.68 Å². The molecule has 0 atom stereocenters. The second kappa shape index (κ2) is 9.05. The zero-order chi connectivity index (χ0) is 23.5. The van der Waals surface area contributed by atoms with E-state index in [1.165, 1.54) is 19.2 Å². The number of carbonyl (C=O) groups excluding carboxylic acids is 1. The van der Waals surface area contributed by atoms with Crippen molar-refractivity contribution in [3.63, 3.8) is 0 Å². The minimum atomic E-state index is -0.704. The molecule has 0 fully saturated rings.